The maximum Gasteiger partial charge on any atom is 0.332 e. The zero-order valence-corrected chi connectivity index (χ0v) is 12.7. The van der Waals surface area contributed by atoms with Gasteiger partial charge in [0.15, 0.2) is 0 Å². The van der Waals surface area contributed by atoms with Crippen LogP contribution < -0.4 is 0 Å². The molecule has 1 atom stereocenters. The molecule has 0 radical (unpaired) electrons. The topological polar surface area (TPSA) is 85.8 Å². The van der Waals surface area contributed by atoms with Gasteiger partial charge in [-0.15, -0.1) is 0 Å². The smallest absolute Gasteiger partial charge is 0.332 e. The molecule has 0 saturated carbocycles. The van der Waals surface area contributed by atoms with E-state index < -0.39 is 18.0 Å². The molecule has 7 heteroatoms. The zero-order valence-electron chi connectivity index (χ0n) is 12.7. The molecule has 22 heavy (non-hydrogen) atoms. The van der Waals surface area contributed by atoms with Gasteiger partial charge in [-0.25, -0.2) is 9.59 Å². The number of carbonyl (C=O) groups excluding carboxylic acids is 3. The number of amides is 1. The molecule has 1 heterocycles. The number of nitrogens with zero attached hydrogens (tertiary/aromatic N) is 2. The Morgan fingerprint density at radius 1 is 1.32 bits per heavy atom. The fraction of sp³-hybridized carbons (Fsp3) is 0.333. The number of hydrogen-bond acceptors (Lipinski definition) is 6. The quantitative estimate of drug-likeness (QED) is 0.573. The lowest BCUT2D eigenvalue weighted by Crippen LogP contribution is -2.33. The summed E-state index contributed by atoms with van der Waals surface area (Å²) in [6.45, 7) is 2.27. The largest absolute Gasteiger partial charge is 0.466 e. The summed E-state index contributed by atoms with van der Waals surface area (Å²) < 4.78 is 9.53. The first-order valence-electron chi connectivity index (χ1n) is 6.61. The minimum Gasteiger partial charge on any atom is -0.466 e. The van der Waals surface area contributed by atoms with Gasteiger partial charge in [-0.1, -0.05) is 6.07 Å². The number of methoxy groups -OCH3 is 1. The lowest BCUT2D eigenvalue weighted by molar-refractivity contribution is -0.156. The van der Waals surface area contributed by atoms with E-state index in [9.17, 15) is 14.4 Å². The van der Waals surface area contributed by atoms with Crippen LogP contribution in [-0.2, 0) is 23.9 Å². The number of aromatic nitrogens is 1. The van der Waals surface area contributed by atoms with Crippen molar-refractivity contribution in [3.05, 3.63) is 42.2 Å². The van der Waals surface area contributed by atoms with E-state index in [1.54, 1.807) is 32.3 Å². The number of esters is 2. The van der Waals surface area contributed by atoms with E-state index in [0.29, 0.717) is 12.1 Å². The monoisotopic (exact) mass is 306 g/mol. The molecule has 1 rings (SSSR count). The third-order valence-electron chi connectivity index (χ3n) is 2.85. The molecule has 0 aliphatic heterocycles. The lowest BCUT2D eigenvalue weighted by Gasteiger charge is -2.22. The summed E-state index contributed by atoms with van der Waals surface area (Å²) in [5, 5.41) is 0. The predicted octanol–water partition coefficient (Wildman–Crippen LogP) is 0.873. The summed E-state index contributed by atoms with van der Waals surface area (Å²) in [4.78, 5) is 40.4. The molecule has 0 aliphatic rings. The van der Waals surface area contributed by atoms with Crippen molar-refractivity contribution in [1.29, 1.82) is 0 Å². The molecular weight excluding hydrogens is 288 g/mol. The molecule has 1 aromatic rings. The SMILES string of the molecule is CCN(C)C(=O)C(OC(=O)/C=C/C(=O)OC)c1cccnc1. The molecule has 0 bridgehead atoms. The van der Waals surface area contributed by atoms with Crippen molar-refractivity contribution in [3.8, 4) is 0 Å². The highest BCUT2D eigenvalue weighted by Crippen LogP contribution is 2.19. The molecular formula is C15H18N2O5. The van der Waals surface area contributed by atoms with Gasteiger partial charge in [-0.05, 0) is 13.0 Å². The van der Waals surface area contributed by atoms with Crippen LogP contribution in [0.2, 0.25) is 0 Å². The van der Waals surface area contributed by atoms with Crippen LogP contribution in [0, 0.1) is 0 Å². The Labute approximate surface area is 128 Å². The number of rotatable bonds is 6. The number of carbonyl (C=O) groups is 3. The fourth-order valence-electron chi connectivity index (χ4n) is 1.51. The van der Waals surface area contributed by atoms with Crippen molar-refractivity contribution in [3.63, 3.8) is 0 Å². The summed E-state index contributed by atoms with van der Waals surface area (Å²) in [6.07, 6.45) is 3.72. The molecule has 1 aromatic heterocycles. The lowest BCUT2D eigenvalue weighted by atomic mass is 10.1. The van der Waals surface area contributed by atoms with Gasteiger partial charge in [-0.2, -0.15) is 0 Å². The molecule has 0 N–H and O–H groups in total. The highest BCUT2D eigenvalue weighted by atomic mass is 16.5. The molecule has 118 valence electrons. The van der Waals surface area contributed by atoms with Gasteiger partial charge >= 0.3 is 11.9 Å². The van der Waals surface area contributed by atoms with Crippen molar-refractivity contribution < 1.29 is 23.9 Å². The molecule has 0 saturated heterocycles. The van der Waals surface area contributed by atoms with Crippen molar-refractivity contribution in [2.75, 3.05) is 20.7 Å². The van der Waals surface area contributed by atoms with Gasteiger partial charge < -0.3 is 14.4 Å². The number of ether oxygens (including phenoxy) is 2. The first-order valence-corrected chi connectivity index (χ1v) is 6.61. The second-order valence-corrected chi connectivity index (χ2v) is 4.31. The van der Waals surface area contributed by atoms with Crippen LogP contribution in [0.4, 0.5) is 0 Å². The third kappa shape index (κ3) is 5.01. The number of likely N-dealkylation sites (N-methyl/N-ethyl adjacent to an activating group) is 1. The van der Waals surface area contributed by atoms with E-state index in [0.717, 1.165) is 12.2 Å². The van der Waals surface area contributed by atoms with Crippen LogP contribution in [0.25, 0.3) is 0 Å². The van der Waals surface area contributed by atoms with Crippen LogP contribution in [0.3, 0.4) is 0 Å². The summed E-state index contributed by atoms with van der Waals surface area (Å²) in [5.74, 6) is -1.89. The fourth-order valence-corrected chi connectivity index (χ4v) is 1.51. The second-order valence-electron chi connectivity index (χ2n) is 4.31. The van der Waals surface area contributed by atoms with Gasteiger partial charge in [0.05, 0.1) is 7.11 Å². The molecule has 0 aromatic carbocycles. The van der Waals surface area contributed by atoms with E-state index in [-0.39, 0.29) is 5.91 Å². The van der Waals surface area contributed by atoms with Gasteiger partial charge in [-0.3, -0.25) is 9.78 Å². The van der Waals surface area contributed by atoms with Gasteiger partial charge in [0, 0.05) is 43.7 Å². The maximum atomic E-state index is 12.3. The standard InChI is InChI=1S/C15H18N2O5/c1-4-17(2)15(20)14(11-6-5-9-16-10-11)22-13(19)8-7-12(18)21-3/h5-10,14H,4H2,1-3H3/b8-7+. The summed E-state index contributed by atoms with van der Waals surface area (Å²) in [5.41, 5.74) is 0.451. The Morgan fingerprint density at radius 3 is 2.55 bits per heavy atom. The Balaban J connectivity index is 2.92. The molecule has 0 fully saturated rings. The Bertz CT molecular complexity index is 556. The van der Waals surface area contributed by atoms with E-state index in [2.05, 4.69) is 9.72 Å². The molecule has 7 nitrogen and oxygen atoms in total. The minimum absolute atomic E-state index is 0.379. The number of pyridine rings is 1. The van der Waals surface area contributed by atoms with E-state index >= 15 is 0 Å². The van der Waals surface area contributed by atoms with Gasteiger partial charge in [0.1, 0.15) is 0 Å². The Hall–Kier alpha value is -2.70. The van der Waals surface area contributed by atoms with E-state index in [4.69, 9.17) is 4.74 Å². The second kappa shape index (κ2) is 8.56. The average molecular weight is 306 g/mol. The normalized spacial score (nSPS) is 11.8. The van der Waals surface area contributed by atoms with E-state index in [1.165, 1.54) is 18.2 Å². The first-order chi connectivity index (χ1) is 10.5. The average Bonchev–Trinajstić information content (AvgIpc) is 2.56. The minimum atomic E-state index is -1.12. The van der Waals surface area contributed by atoms with Crippen molar-refractivity contribution >= 4 is 17.8 Å². The molecule has 1 amide bonds. The van der Waals surface area contributed by atoms with Crippen LogP contribution in [-0.4, -0.2) is 48.4 Å². The highest BCUT2D eigenvalue weighted by molar-refractivity contribution is 5.93. The summed E-state index contributed by atoms with van der Waals surface area (Å²) in [6, 6.07) is 3.27. The molecule has 1 unspecified atom stereocenters. The summed E-state index contributed by atoms with van der Waals surface area (Å²) in [7, 11) is 2.79. The predicted molar refractivity (Wildman–Crippen MR) is 77.5 cm³/mol. The molecule has 0 aliphatic carbocycles. The van der Waals surface area contributed by atoms with Crippen molar-refractivity contribution in [2.45, 2.75) is 13.0 Å². The highest BCUT2D eigenvalue weighted by Gasteiger charge is 2.26. The van der Waals surface area contributed by atoms with E-state index in [1.807, 2.05) is 0 Å². The van der Waals surface area contributed by atoms with Crippen LogP contribution >= 0.6 is 0 Å². The van der Waals surface area contributed by atoms with Crippen LogP contribution in [0.15, 0.2) is 36.7 Å². The number of hydrogen-bond donors (Lipinski definition) is 0. The first kappa shape index (κ1) is 17.4. The maximum absolute atomic E-state index is 12.3. The third-order valence-corrected chi connectivity index (χ3v) is 2.85. The summed E-state index contributed by atoms with van der Waals surface area (Å²) >= 11 is 0. The van der Waals surface area contributed by atoms with Crippen LogP contribution in [0.1, 0.15) is 18.6 Å². The van der Waals surface area contributed by atoms with Crippen molar-refractivity contribution in [1.82, 2.24) is 9.88 Å². The molecule has 0 spiro atoms. The van der Waals surface area contributed by atoms with Gasteiger partial charge in [0.25, 0.3) is 5.91 Å². The van der Waals surface area contributed by atoms with Gasteiger partial charge in [0.2, 0.25) is 6.10 Å². The Kier molecular flexibility index (Phi) is 6.75. The van der Waals surface area contributed by atoms with Crippen LogP contribution in [0.5, 0.6) is 0 Å². The Morgan fingerprint density at radius 2 is 2.00 bits per heavy atom. The zero-order chi connectivity index (χ0) is 16.5. The van der Waals surface area contributed by atoms with Crippen molar-refractivity contribution in [2.24, 2.45) is 0 Å².